The molecule has 3 heteroatoms. The maximum Gasteiger partial charge on any atom is 0.143 e. The summed E-state index contributed by atoms with van der Waals surface area (Å²) >= 11 is 2.28. The molecule has 13 heavy (non-hydrogen) atoms. The molecule has 0 atom stereocenters. The first-order valence-corrected chi connectivity index (χ1v) is 5.31. The van der Waals surface area contributed by atoms with E-state index in [4.69, 9.17) is 10.5 Å². The molecule has 2 N–H and O–H groups in total. The molecular weight excluding hydrogens is 277 g/mol. The van der Waals surface area contributed by atoms with Gasteiger partial charge >= 0.3 is 0 Å². The highest BCUT2D eigenvalue weighted by atomic mass is 127. The lowest BCUT2D eigenvalue weighted by Gasteiger charge is -2.13. The van der Waals surface area contributed by atoms with Crippen molar-refractivity contribution >= 4 is 28.3 Å². The van der Waals surface area contributed by atoms with Gasteiger partial charge in [0.15, 0.2) is 0 Å². The fraction of sp³-hybridized carbons (Fsp3) is 0.400. The molecule has 1 aromatic carbocycles. The molecule has 0 aliphatic carbocycles. The van der Waals surface area contributed by atoms with Crippen LogP contribution in [0.5, 0.6) is 5.75 Å². The van der Waals surface area contributed by atoms with Crippen LogP contribution in [-0.4, -0.2) is 6.10 Å². The van der Waals surface area contributed by atoms with Crippen molar-refractivity contribution in [2.24, 2.45) is 0 Å². The molecule has 0 heterocycles. The highest BCUT2D eigenvalue weighted by molar-refractivity contribution is 14.1. The number of hydrogen-bond acceptors (Lipinski definition) is 2. The minimum Gasteiger partial charge on any atom is -0.489 e. The Hall–Kier alpha value is -0.450. The van der Waals surface area contributed by atoms with Crippen molar-refractivity contribution in [3.05, 3.63) is 21.3 Å². The van der Waals surface area contributed by atoms with Crippen LogP contribution in [0.15, 0.2) is 12.1 Å². The topological polar surface area (TPSA) is 35.2 Å². The van der Waals surface area contributed by atoms with E-state index in [0.29, 0.717) is 5.69 Å². The minimum atomic E-state index is 0.167. The number of hydrogen-bond donors (Lipinski definition) is 1. The van der Waals surface area contributed by atoms with Crippen molar-refractivity contribution in [2.75, 3.05) is 5.73 Å². The Morgan fingerprint density at radius 2 is 2.00 bits per heavy atom. The van der Waals surface area contributed by atoms with Crippen molar-refractivity contribution in [3.63, 3.8) is 0 Å². The first-order chi connectivity index (χ1) is 6.00. The summed E-state index contributed by atoms with van der Waals surface area (Å²) in [7, 11) is 0. The molecule has 0 spiro atoms. The lowest BCUT2D eigenvalue weighted by Crippen LogP contribution is -2.07. The zero-order valence-corrected chi connectivity index (χ0v) is 10.3. The molecule has 0 aliphatic rings. The van der Waals surface area contributed by atoms with Gasteiger partial charge in [0.2, 0.25) is 0 Å². The van der Waals surface area contributed by atoms with Crippen molar-refractivity contribution in [1.29, 1.82) is 0 Å². The van der Waals surface area contributed by atoms with E-state index in [2.05, 4.69) is 22.6 Å². The molecule has 1 rings (SSSR count). The second-order valence-corrected chi connectivity index (χ2v) is 4.47. The molecule has 0 amide bonds. The summed E-state index contributed by atoms with van der Waals surface area (Å²) < 4.78 is 6.73. The first kappa shape index (κ1) is 10.6. The Morgan fingerprint density at radius 1 is 1.38 bits per heavy atom. The van der Waals surface area contributed by atoms with Crippen LogP contribution in [0.2, 0.25) is 0 Å². The van der Waals surface area contributed by atoms with Gasteiger partial charge < -0.3 is 10.5 Å². The van der Waals surface area contributed by atoms with Gasteiger partial charge in [-0.25, -0.2) is 0 Å². The molecule has 0 fully saturated rings. The maximum atomic E-state index is 5.81. The van der Waals surface area contributed by atoms with E-state index in [1.165, 1.54) is 9.13 Å². The standard InChI is InChI=1S/C10H14INO/c1-6(2)13-10-5-8(11)7(3)4-9(10)12/h4-6H,12H2,1-3H3. The number of halogens is 1. The van der Waals surface area contributed by atoms with Gasteiger partial charge in [0.1, 0.15) is 5.75 Å². The molecule has 72 valence electrons. The SMILES string of the molecule is Cc1cc(N)c(OC(C)C)cc1I. The predicted octanol–water partition coefficient (Wildman–Crippen LogP) is 2.97. The van der Waals surface area contributed by atoms with Crippen LogP contribution in [0, 0.1) is 10.5 Å². The molecule has 1 aromatic rings. The number of rotatable bonds is 2. The molecule has 0 saturated heterocycles. The summed E-state index contributed by atoms with van der Waals surface area (Å²) in [6.07, 6.45) is 0.167. The van der Waals surface area contributed by atoms with Crippen LogP contribution in [0.4, 0.5) is 5.69 Å². The number of aryl methyl sites for hydroxylation is 1. The summed E-state index contributed by atoms with van der Waals surface area (Å²) in [6.45, 7) is 6.02. The van der Waals surface area contributed by atoms with Gasteiger partial charge in [0.05, 0.1) is 11.8 Å². The summed E-state index contributed by atoms with van der Waals surface area (Å²) in [5, 5.41) is 0. The van der Waals surface area contributed by atoms with Crippen molar-refractivity contribution < 1.29 is 4.74 Å². The van der Waals surface area contributed by atoms with Crippen LogP contribution in [0.3, 0.4) is 0 Å². The molecule has 0 bridgehead atoms. The molecule has 2 nitrogen and oxygen atoms in total. The zero-order valence-electron chi connectivity index (χ0n) is 8.10. The van der Waals surface area contributed by atoms with Gasteiger partial charge in [-0.2, -0.15) is 0 Å². The fourth-order valence-corrected chi connectivity index (χ4v) is 1.48. The Kier molecular flexibility index (Phi) is 3.41. The Labute approximate surface area is 92.6 Å². The molecular formula is C10H14INO. The predicted molar refractivity (Wildman–Crippen MR) is 64.1 cm³/mol. The lowest BCUT2D eigenvalue weighted by atomic mass is 10.2. The number of anilines is 1. The zero-order chi connectivity index (χ0) is 10.0. The Morgan fingerprint density at radius 3 is 2.54 bits per heavy atom. The maximum absolute atomic E-state index is 5.81. The molecule has 0 aliphatic heterocycles. The van der Waals surface area contributed by atoms with E-state index >= 15 is 0 Å². The largest absolute Gasteiger partial charge is 0.489 e. The molecule has 0 radical (unpaired) electrons. The van der Waals surface area contributed by atoms with Gasteiger partial charge in [0.25, 0.3) is 0 Å². The van der Waals surface area contributed by atoms with Crippen molar-refractivity contribution in [3.8, 4) is 5.75 Å². The van der Waals surface area contributed by atoms with Gasteiger partial charge in [-0.15, -0.1) is 0 Å². The number of benzene rings is 1. The highest BCUT2D eigenvalue weighted by Crippen LogP contribution is 2.27. The third kappa shape index (κ3) is 2.76. The average Bonchev–Trinajstić information content (AvgIpc) is 1.99. The molecule has 0 unspecified atom stereocenters. The van der Waals surface area contributed by atoms with Crippen LogP contribution in [0.25, 0.3) is 0 Å². The Bertz CT molecular complexity index is 310. The van der Waals surface area contributed by atoms with E-state index in [0.717, 1.165) is 5.75 Å². The lowest BCUT2D eigenvalue weighted by molar-refractivity contribution is 0.243. The van der Waals surface area contributed by atoms with E-state index in [1.807, 2.05) is 32.9 Å². The van der Waals surface area contributed by atoms with Gasteiger partial charge in [-0.05, 0) is 61.1 Å². The normalized spacial score (nSPS) is 10.5. The van der Waals surface area contributed by atoms with Gasteiger partial charge in [-0.3, -0.25) is 0 Å². The van der Waals surface area contributed by atoms with Gasteiger partial charge in [0, 0.05) is 3.57 Å². The first-order valence-electron chi connectivity index (χ1n) is 4.23. The minimum absolute atomic E-state index is 0.167. The summed E-state index contributed by atoms with van der Waals surface area (Å²) in [5.41, 5.74) is 7.71. The van der Waals surface area contributed by atoms with E-state index < -0.39 is 0 Å². The second kappa shape index (κ2) is 4.17. The average molecular weight is 291 g/mol. The molecule has 0 saturated carbocycles. The van der Waals surface area contributed by atoms with Crippen LogP contribution in [0.1, 0.15) is 19.4 Å². The molecule has 0 aromatic heterocycles. The highest BCUT2D eigenvalue weighted by Gasteiger charge is 2.05. The van der Waals surface area contributed by atoms with E-state index in [9.17, 15) is 0 Å². The van der Waals surface area contributed by atoms with E-state index in [-0.39, 0.29) is 6.10 Å². The number of nitrogens with two attached hydrogens (primary N) is 1. The summed E-state index contributed by atoms with van der Waals surface area (Å²) in [4.78, 5) is 0. The van der Waals surface area contributed by atoms with Crippen LogP contribution >= 0.6 is 22.6 Å². The van der Waals surface area contributed by atoms with Crippen LogP contribution < -0.4 is 10.5 Å². The third-order valence-electron chi connectivity index (χ3n) is 1.65. The van der Waals surface area contributed by atoms with Crippen molar-refractivity contribution in [2.45, 2.75) is 26.9 Å². The fourth-order valence-electron chi connectivity index (χ4n) is 1.04. The Balaban J connectivity index is 3.01. The second-order valence-electron chi connectivity index (χ2n) is 3.31. The summed E-state index contributed by atoms with van der Waals surface area (Å²) in [6, 6.07) is 3.92. The van der Waals surface area contributed by atoms with E-state index in [1.54, 1.807) is 0 Å². The monoisotopic (exact) mass is 291 g/mol. The quantitative estimate of drug-likeness (QED) is 0.671. The summed E-state index contributed by atoms with van der Waals surface area (Å²) in [5.74, 6) is 0.782. The third-order valence-corrected chi connectivity index (χ3v) is 2.82. The van der Waals surface area contributed by atoms with Gasteiger partial charge in [-0.1, -0.05) is 0 Å². The smallest absolute Gasteiger partial charge is 0.143 e. The van der Waals surface area contributed by atoms with Crippen molar-refractivity contribution in [1.82, 2.24) is 0 Å². The number of nitrogen functional groups attached to an aromatic ring is 1. The number of ether oxygens (including phenoxy) is 1. The van der Waals surface area contributed by atoms with Crippen LogP contribution in [-0.2, 0) is 0 Å².